The fraction of sp³-hybridized carbons (Fsp3) is 0.500. The number of amides is 1. The summed E-state index contributed by atoms with van der Waals surface area (Å²) in [5.41, 5.74) is 2.04. The first-order valence-corrected chi connectivity index (χ1v) is 7.19. The summed E-state index contributed by atoms with van der Waals surface area (Å²) in [6.07, 6.45) is 1.59. The second kappa shape index (κ2) is 6.72. The van der Waals surface area contributed by atoms with Crippen LogP contribution < -0.4 is 5.32 Å². The Morgan fingerprint density at radius 1 is 1.48 bits per heavy atom. The smallest absolute Gasteiger partial charge is 0.309 e. The van der Waals surface area contributed by atoms with Crippen molar-refractivity contribution in [3.8, 4) is 0 Å². The van der Waals surface area contributed by atoms with Crippen molar-refractivity contribution in [2.45, 2.75) is 25.8 Å². The van der Waals surface area contributed by atoms with Crippen molar-refractivity contribution < 1.29 is 14.3 Å². The van der Waals surface area contributed by atoms with Gasteiger partial charge < -0.3 is 10.1 Å². The number of hydrogen-bond acceptors (Lipinski definition) is 4. The molecule has 0 spiro atoms. The Morgan fingerprint density at radius 2 is 2.19 bits per heavy atom. The molecule has 1 aromatic rings. The molecule has 2 unspecified atom stereocenters. The molecule has 1 aliphatic heterocycles. The van der Waals surface area contributed by atoms with Gasteiger partial charge in [0.25, 0.3) is 0 Å². The minimum absolute atomic E-state index is 0.0143. The lowest BCUT2D eigenvalue weighted by Gasteiger charge is -2.27. The lowest BCUT2D eigenvalue weighted by Crippen LogP contribution is -2.44. The number of esters is 1. The lowest BCUT2D eigenvalue weighted by atomic mass is 10.0. The van der Waals surface area contributed by atoms with Gasteiger partial charge in [-0.25, -0.2) is 0 Å². The number of nitrogens with zero attached hydrogens (tertiary/aromatic N) is 1. The third-order valence-electron chi connectivity index (χ3n) is 3.96. The molecule has 21 heavy (non-hydrogen) atoms. The van der Waals surface area contributed by atoms with Crippen molar-refractivity contribution in [2.24, 2.45) is 5.92 Å². The molecule has 114 valence electrons. The van der Waals surface area contributed by atoms with Crippen LogP contribution >= 0.6 is 0 Å². The van der Waals surface area contributed by atoms with Crippen LogP contribution in [0.3, 0.4) is 0 Å². The third-order valence-corrected chi connectivity index (χ3v) is 3.96. The predicted molar refractivity (Wildman–Crippen MR) is 81.0 cm³/mol. The molecule has 0 saturated heterocycles. The number of fused-ring (bicyclic) bond motifs is 1. The van der Waals surface area contributed by atoms with Crippen LogP contribution in [0.5, 0.6) is 0 Å². The van der Waals surface area contributed by atoms with E-state index in [0.29, 0.717) is 6.54 Å². The number of carbonyl (C=O) groups is 2. The van der Waals surface area contributed by atoms with E-state index >= 15 is 0 Å². The van der Waals surface area contributed by atoms with Gasteiger partial charge in [0.05, 0.1) is 19.1 Å². The van der Waals surface area contributed by atoms with E-state index < -0.39 is 0 Å². The average Bonchev–Trinajstić information content (AvgIpc) is 2.64. The van der Waals surface area contributed by atoms with Crippen LogP contribution in [0.4, 0.5) is 5.69 Å². The number of anilines is 1. The van der Waals surface area contributed by atoms with E-state index in [1.807, 2.05) is 43.1 Å². The molecular weight excluding hydrogens is 268 g/mol. The molecule has 1 aliphatic rings. The molecular formula is C16H22N2O3. The summed E-state index contributed by atoms with van der Waals surface area (Å²) in [7, 11) is 3.26. The summed E-state index contributed by atoms with van der Waals surface area (Å²) in [4.78, 5) is 25.8. The monoisotopic (exact) mass is 290 g/mol. The third kappa shape index (κ3) is 3.61. The number of methoxy groups -OCH3 is 1. The quantitative estimate of drug-likeness (QED) is 0.857. The van der Waals surface area contributed by atoms with Crippen LogP contribution in [0.1, 0.15) is 18.9 Å². The number of ether oxygens (including phenoxy) is 1. The van der Waals surface area contributed by atoms with Crippen LogP contribution in [-0.2, 0) is 20.7 Å². The van der Waals surface area contributed by atoms with Gasteiger partial charge in [0, 0.05) is 12.2 Å². The number of para-hydroxylation sites is 1. The number of likely N-dealkylation sites (N-methyl/N-ethyl adjacent to an activating group) is 1. The number of benzene rings is 1. The van der Waals surface area contributed by atoms with Crippen LogP contribution in [0.2, 0.25) is 0 Å². The van der Waals surface area contributed by atoms with Crippen molar-refractivity contribution >= 4 is 17.6 Å². The van der Waals surface area contributed by atoms with E-state index in [1.54, 1.807) is 0 Å². The Labute approximate surface area is 125 Å². The van der Waals surface area contributed by atoms with E-state index in [0.717, 1.165) is 24.1 Å². The summed E-state index contributed by atoms with van der Waals surface area (Å²) in [6, 6.07) is 7.63. The van der Waals surface area contributed by atoms with Gasteiger partial charge in [-0.3, -0.25) is 14.5 Å². The molecule has 2 rings (SSSR count). The second-order valence-electron chi connectivity index (χ2n) is 5.56. The maximum Gasteiger partial charge on any atom is 0.309 e. The lowest BCUT2D eigenvalue weighted by molar-refractivity contribution is -0.146. The summed E-state index contributed by atoms with van der Waals surface area (Å²) < 4.78 is 4.74. The van der Waals surface area contributed by atoms with Gasteiger partial charge >= 0.3 is 5.97 Å². The predicted octanol–water partition coefficient (Wildman–Crippen LogP) is 1.68. The van der Waals surface area contributed by atoms with E-state index in [4.69, 9.17) is 4.74 Å². The normalized spacial score (nSPS) is 19.4. The van der Waals surface area contributed by atoms with Crippen LogP contribution in [-0.4, -0.2) is 43.5 Å². The van der Waals surface area contributed by atoms with E-state index in [1.165, 1.54) is 7.11 Å². The fourth-order valence-electron chi connectivity index (χ4n) is 2.76. The number of carbonyl (C=O) groups excluding carboxylic acids is 2. The van der Waals surface area contributed by atoms with Gasteiger partial charge in [-0.1, -0.05) is 25.1 Å². The highest BCUT2D eigenvalue weighted by Gasteiger charge is 2.28. The number of aryl methyl sites for hydroxylation is 1. The zero-order valence-corrected chi connectivity index (χ0v) is 12.8. The molecule has 5 nitrogen and oxygen atoms in total. The first-order chi connectivity index (χ1) is 10.0. The minimum Gasteiger partial charge on any atom is -0.469 e. The van der Waals surface area contributed by atoms with Crippen LogP contribution in [0.15, 0.2) is 24.3 Å². The Morgan fingerprint density at radius 3 is 2.90 bits per heavy atom. The molecule has 1 N–H and O–H groups in total. The number of hydrogen-bond donors (Lipinski definition) is 1. The van der Waals surface area contributed by atoms with Crippen LogP contribution in [0, 0.1) is 5.92 Å². The molecule has 0 radical (unpaired) electrons. The molecule has 1 heterocycles. The van der Waals surface area contributed by atoms with Crippen molar-refractivity contribution in [2.75, 3.05) is 26.0 Å². The zero-order chi connectivity index (χ0) is 15.4. The van der Waals surface area contributed by atoms with E-state index in [9.17, 15) is 9.59 Å². The maximum absolute atomic E-state index is 12.4. The highest BCUT2D eigenvalue weighted by atomic mass is 16.5. The van der Waals surface area contributed by atoms with Crippen molar-refractivity contribution in [3.05, 3.63) is 29.8 Å². The standard InChI is InChI=1S/C16H22N2O3/c1-11(16(20)21-3)10-18(2)14-9-8-12-6-4-5-7-13(12)17-15(14)19/h4-7,11,14H,8-10H2,1-3H3,(H,17,19). The molecule has 1 aromatic carbocycles. The average molecular weight is 290 g/mol. The van der Waals surface area contributed by atoms with Gasteiger partial charge in [-0.15, -0.1) is 0 Å². The van der Waals surface area contributed by atoms with Gasteiger partial charge in [0.15, 0.2) is 0 Å². The maximum atomic E-state index is 12.4. The Balaban J connectivity index is 2.05. The Bertz CT molecular complexity index is 530. The number of nitrogens with one attached hydrogen (secondary N) is 1. The molecule has 0 aliphatic carbocycles. The molecule has 0 fully saturated rings. The first kappa shape index (κ1) is 15.5. The van der Waals surface area contributed by atoms with Gasteiger partial charge in [0.1, 0.15) is 0 Å². The summed E-state index contributed by atoms with van der Waals surface area (Å²) in [5, 5.41) is 2.97. The molecule has 5 heteroatoms. The summed E-state index contributed by atoms with van der Waals surface area (Å²) in [5.74, 6) is -0.517. The summed E-state index contributed by atoms with van der Waals surface area (Å²) >= 11 is 0. The van der Waals surface area contributed by atoms with Crippen LogP contribution in [0.25, 0.3) is 0 Å². The van der Waals surface area contributed by atoms with Crippen molar-refractivity contribution in [1.82, 2.24) is 4.90 Å². The first-order valence-electron chi connectivity index (χ1n) is 7.19. The molecule has 0 saturated carbocycles. The van der Waals surface area contributed by atoms with E-state index in [-0.39, 0.29) is 23.8 Å². The molecule has 2 atom stereocenters. The molecule has 0 aromatic heterocycles. The molecule has 0 bridgehead atoms. The topological polar surface area (TPSA) is 58.6 Å². The van der Waals surface area contributed by atoms with Crippen molar-refractivity contribution in [1.29, 1.82) is 0 Å². The van der Waals surface area contributed by atoms with E-state index in [2.05, 4.69) is 5.32 Å². The fourth-order valence-corrected chi connectivity index (χ4v) is 2.76. The molecule has 1 amide bonds. The Hall–Kier alpha value is -1.88. The Kier molecular flexibility index (Phi) is 4.96. The number of rotatable bonds is 4. The largest absolute Gasteiger partial charge is 0.469 e. The highest BCUT2D eigenvalue weighted by molar-refractivity contribution is 5.96. The van der Waals surface area contributed by atoms with Gasteiger partial charge in [-0.05, 0) is 31.5 Å². The highest BCUT2D eigenvalue weighted by Crippen LogP contribution is 2.23. The minimum atomic E-state index is -0.251. The summed E-state index contributed by atoms with van der Waals surface area (Å²) in [6.45, 7) is 2.31. The SMILES string of the molecule is COC(=O)C(C)CN(C)C1CCc2ccccc2NC1=O. The van der Waals surface area contributed by atoms with Crippen molar-refractivity contribution in [3.63, 3.8) is 0 Å². The van der Waals surface area contributed by atoms with Gasteiger partial charge in [-0.2, -0.15) is 0 Å². The second-order valence-corrected chi connectivity index (χ2v) is 5.56. The zero-order valence-electron chi connectivity index (χ0n) is 12.8. The van der Waals surface area contributed by atoms with Gasteiger partial charge in [0.2, 0.25) is 5.91 Å².